The summed E-state index contributed by atoms with van der Waals surface area (Å²) in [5.74, 6) is 0. The summed E-state index contributed by atoms with van der Waals surface area (Å²) in [7, 11) is 0. The van der Waals surface area contributed by atoms with Gasteiger partial charge in [-0.15, -0.1) is 0 Å². The van der Waals surface area contributed by atoms with Crippen LogP contribution in [0, 0.1) is 10.8 Å². The van der Waals surface area contributed by atoms with Crippen molar-refractivity contribution in [2.45, 2.75) is 65.1 Å². The van der Waals surface area contributed by atoms with Crippen molar-refractivity contribution in [3.05, 3.63) is 0 Å². The van der Waals surface area contributed by atoms with Crippen molar-refractivity contribution in [2.75, 3.05) is 0 Å². The Labute approximate surface area is 87.1 Å². The first kappa shape index (κ1) is 10.4. The molecule has 0 aromatic rings. The Morgan fingerprint density at radius 1 is 1.07 bits per heavy atom. The Morgan fingerprint density at radius 3 is 2.00 bits per heavy atom. The molecular formula is C12H23NO. The van der Waals surface area contributed by atoms with Gasteiger partial charge in [0.25, 0.3) is 0 Å². The van der Waals surface area contributed by atoms with E-state index in [9.17, 15) is 5.11 Å². The molecule has 14 heavy (non-hydrogen) atoms. The first-order chi connectivity index (χ1) is 6.37. The molecule has 0 heterocycles. The average Bonchev–Trinajstić information content (AvgIpc) is 2.46. The molecule has 0 aliphatic heterocycles. The number of nitrogens with one attached hydrogen (secondary N) is 1. The van der Waals surface area contributed by atoms with Crippen LogP contribution in [0.25, 0.3) is 0 Å². The maximum absolute atomic E-state index is 9.74. The van der Waals surface area contributed by atoms with Crippen molar-refractivity contribution in [3.8, 4) is 0 Å². The van der Waals surface area contributed by atoms with Crippen molar-refractivity contribution in [1.29, 1.82) is 0 Å². The second kappa shape index (κ2) is 2.96. The normalized spacial score (nSPS) is 40.1. The predicted octanol–water partition coefficient (Wildman–Crippen LogP) is 1.92. The van der Waals surface area contributed by atoms with E-state index in [-0.39, 0.29) is 6.10 Å². The van der Waals surface area contributed by atoms with Gasteiger partial charge in [-0.25, -0.2) is 0 Å². The van der Waals surface area contributed by atoms with Crippen molar-refractivity contribution < 1.29 is 5.11 Å². The highest BCUT2D eigenvalue weighted by atomic mass is 16.3. The van der Waals surface area contributed by atoms with Gasteiger partial charge < -0.3 is 10.4 Å². The standard InChI is InChI=1S/C12H23NO/c1-11(2)10(12(11,3)4)13-8-6-5-7-9(8)14/h8-10,13-14H,5-7H2,1-4H3/t8-,9-/m0/s1. The van der Waals surface area contributed by atoms with Gasteiger partial charge in [-0.3, -0.25) is 0 Å². The number of aliphatic hydroxyl groups is 1. The summed E-state index contributed by atoms with van der Waals surface area (Å²) >= 11 is 0. The molecule has 2 fully saturated rings. The van der Waals surface area contributed by atoms with Gasteiger partial charge in [-0.2, -0.15) is 0 Å². The lowest BCUT2D eigenvalue weighted by molar-refractivity contribution is 0.145. The fourth-order valence-corrected chi connectivity index (χ4v) is 2.96. The van der Waals surface area contributed by atoms with Crippen LogP contribution in [0.15, 0.2) is 0 Å². The lowest BCUT2D eigenvalue weighted by Crippen LogP contribution is -2.39. The van der Waals surface area contributed by atoms with E-state index >= 15 is 0 Å². The van der Waals surface area contributed by atoms with Crippen LogP contribution in [0.4, 0.5) is 0 Å². The Balaban J connectivity index is 1.94. The first-order valence-corrected chi connectivity index (χ1v) is 5.81. The monoisotopic (exact) mass is 197 g/mol. The number of hydrogen-bond donors (Lipinski definition) is 2. The van der Waals surface area contributed by atoms with Gasteiger partial charge in [-0.05, 0) is 30.1 Å². The van der Waals surface area contributed by atoms with Crippen LogP contribution in [0.1, 0.15) is 47.0 Å². The highest BCUT2D eigenvalue weighted by Crippen LogP contribution is 2.62. The van der Waals surface area contributed by atoms with Gasteiger partial charge in [-0.1, -0.05) is 27.7 Å². The fraction of sp³-hybridized carbons (Fsp3) is 1.00. The molecule has 0 aromatic heterocycles. The molecule has 0 amide bonds. The zero-order valence-electron chi connectivity index (χ0n) is 9.80. The van der Waals surface area contributed by atoms with E-state index in [0.717, 1.165) is 12.8 Å². The van der Waals surface area contributed by atoms with Crippen molar-refractivity contribution in [2.24, 2.45) is 10.8 Å². The van der Waals surface area contributed by atoms with Crippen LogP contribution < -0.4 is 5.32 Å². The summed E-state index contributed by atoms with van der Waals surface area (Å²) in [5.41, 5.74) is 0.768. The number of hydrogen-bond acceptors (Lipinski definition) is 2. The molecule has 0 saturated heterocycles. The molecule has 0 bridgehead atoms. The molecule has 2 saturated carbocycles. The maximum atomic E-state index is 9.74. The highest BCUT2D eigenvalue weighted by molar-refractivity contribution is 5.18. The average molecular weight is 197 g/mol. The van der Waals surface area contributed by atoms with Crippen molar-refractivity contribution in [3.63, 3.8) is 0 Å². The van der Waals surface area contributed by atoms with Crippen molar-refractivity contribution >= 4 is 0 Å². The maximum Gasteiger partial charge on any atom is 0.0693 e. The van der Waals surface area contributed by atoms with Gasteiger partial charge in [0.2, 0.25) is 0 Å². The van der Waals surface area contributed by atoms with Crippen LogP contribution in [0.3, 0.4) is 0 Å². The van der Waals surface area contributed by atoms with Gasteiger partial charge in [0.15, 0.2) is 0 Å². The topological polar surface area (TPSA) is 32.3 Å². The fourth-order valence-electron chi connectivity index (χ4n) is 2.96. The SMILES string of the molecule is CC1(C)C(N[C@H]2CCC[C@@H]2O)C1(C)C. The third-order valence-corrected chi connectivity index (χ3v) is 4.88. The van der Waals surface area contributed by atoms with Crippen LogP contribution in [0.2, 0.25) is 0 Å². The van der Waals surface area contributed by atoms with Crippen LogP contribution in [-0.2, 0) is 0 Å². The van der Waals surface area contributed by atoms with Crippen LogP contribution in [-0.4, -0.2) is 23.3 Å². The smallest absolute Gasteiger partial charge is 0.0693 e. The molecule has 0 aromatic carbocycles. The number of rotatable bonds is 2. The van der Waals surface area contributed by atoms with E-state index in [0.29, 0.717) is 22.9 Å². The summed E-state index contributed by atoms with van der Waals surface area (Å²) < 4.78 is 0. The van der Waals surface area contributed by atoms with E-state index in [1.165, 1.54) is 6.42 Å². The summed E-state index contributed by atoms with van der Waals surface area (Å²) in [6.07, 6.45) is 3.18. The van der Waals surface area contributed by atoms with E-state index in [1.807, 2.05) is 0 Å². The first-order valence-electron chi connectivity index (χ1n) is 5.81. The molecule has 2 atom stereocenters. The molecule has 2 heteroatoms. The highest BCUT2D eigenvalue weighted by Gasteiger charge is 2.65. The van der Waals surface area contributed by atoms with Gasteiger partial charge in [0, 0.05) is 12.1 Å². The largest absolute Gasteiger partial charge is 0.392 e. The second-order valence-corrected chi connectivity index (χ2v) is 6.15. The van der Waals surface area contributed by atoms with Crippen LogP contribution >= 0.6 is 0 Å². The Hall–Kier alpha value is -0.0800. The predicted molar refractivity (Wildman–Crippen MR) is 58.1 cm³/mol. The van der Waals surface area contributed by atoms with Crippen LogP contribution in [0.5, 0.6) is 0 Å². The lowest BCUT2D eigenvalue weighted by atomic mass is 10.0. The molecule has 2 nitrogen and oxygen atoms in total. The lowest BCUT2D eigenvalue weighted by Gasteiger charge is -2.17. The molecule has 0 radical (unpaired) electrons. The van der Waals surface area contributed by atoms with E-state index < -0.39 is 0 Å². The van der Waals surface area contributed by atoms with Gasteiger partial charge >= 0.3 is 0 Å². The Kier molecular flexibility index (Phi) is 2.20. The van der Waals surface area contributed by atoms with E-state index in [4.69, 9.17) is 0 Å². The van der Waals surface area contributed by atoms with Gasteiger partial charge in [0.1, 0.15) is 0 Å². The minimum absolute atomic E-state index is 0.109. The molecule has 2 rings (SSSR count). The summed E-state index contributed by atoms with van der Waals surface area (Å²) in [4.78, 5) is 0. The van der Waals surface area contributed by atoms with Gasteiger partial charge in [0.05, 0.1) is 6.10 Å². The Morgan fingerprint density at radius 2 is 1.64 bits per heavy atom. The number of aliphatic hydroxyl groups excluding tert-OH is 1. The Bertz CT molecular complexity index is 220. The minimum atomic E-state index is -0.109. The molecule has 2 aliphatic carbocycles. The third-order valence-electron chi connectivity index (χ3n) is 4.88. The zero-order valence-corrected chi connectivity index (χ0v) is 9.80. The molecule has 2 aliphatic rings. The van der Waals surface area contributed by atoms with Crippen molar-refractivity contribution in [1.82, 2.24) is 5.32 Å². The van der Waals surface area contributed by atoms with E-state index in [1.54, 1.807) is 0 Å². The molecule has 2 N–H and O–H groups in total. The zero-order chi connectivity index (χ0) is 10.6. The second-order valence-electron chi connectivity index (χ2n) is 6.15. The summed E-state index contributed by atoms with van der Waals surface area (Å²) in [5, 5.41) is 13.4. The molecule has 0 spiro atoms. The quantitative estimate of drug-likeness (QED) is 0.709. The molecule has 0 unspecified atom stereocenters. The summed E-state index contributed by atoms with van der Waals surface area (Å²) in [6, 6.07) is 0.925. The van der Waals surface area contributed by atoms with E-state index in [2.05, 4.69) is 33.0 Å². The summed E-state index contributed by atoms with van der Waals surface area (Å²) in [6.45, 7) is 9.25. The molecular weight excluding hydrogens is 174 g/mol. The molecule has 82 valence electrons. The third kappa shape index (κ3) is 1.31. The minimum Gasteiger partial charge on any atom is -0.392 e.